The highest BCUT2D eigenvalue weighted by Gasteiger charge is 2.31. The Hall–Kier alpha value is -0.820. The number of methoxy groups -OCH3 is 1. The van der Waals surface area contributed by atoms with Crippen molar-refractivity contribution < 1.29 is 9.47 Å². The third-order valence-electron chi connectivity index (χ3n) is 2.11. The van der Waals surface area contributed by atoms with Crippen LogP contribution >= 0.6 is 15.9 Å². The van der Waals surface area contributed by atoms with Crippen molar-refractivity contribution in [3.05, 3.63) is 35.9 Å². The van der Waals surface area contributed by atoms with Gasteiger partial charge < -0.3 is 9.47 Å². The molecule has 1 aromatic rings. The third-order valence-corrected chi connectivity index (χ3v) is 2.85. The first-order chi connectivity index (χ1) is 7.29. The largest absolute Gasteiger partial charge is 0.349 e. The molecule has 1 atom stereocenters. The van der Waals surface area contributed by atoms with Crippen LogP contribution in [0, 0.1) is 12.3 Å². The molecule has 15 heavy (non-hydrogen) atoms. The van der Waals surface area contributed by atoms with Crippen molar-refractivity contribution in [2.24, 2.45) is 0 Å². The van der Waals surface area contributed by atoms with Crippen molar-refractivity contribution in [1.82, 2.24) is 0 Å². The molecule has 0 spiro atoms. The van der Waals surface area contributed by atoms with Crippen molar-refractivity contribution in [2.45, 2.75) is 5.79 Å². The lowest BCUT2D eigenvalue weighted by Gasteiger charge is -2.30. The smallest absolute Gasteiger partial charge is 0.205 e. The van der Waals surface area contributed by atoms with Gasteiger partial charge in [-0.25, -0.2) is 0 Å². The highest BCUT2D eigenvalue weighted by Crippen LogP contribution is 2.28. The highest BCUT2D eigenvalue weighted by molar-refractivity contribution is 9.09. The summed E-state index contributed by atoms with van der Waals surface area (Å²) < 4.78 is 11.0. The van der Waals surface area contributed by atoms with E-state index in [0.29, 0.717) is 5.33 Å². The van der Waals surface area contributed by atoms with Gasteiger partial charge in [-0.2, -0.15) is 0 Å². The van der Waals surface area contributed by atoms with E-state index in [-0.39, 0.29) is 6.61 Å². The molecule has 3 heteroatoms. The predicted molar refractivity (Wildman–Crippen MR) is 63.7 cm³/mol. The summed E-state index contributed by atoms with van der Waals surface area (Å²) in [5, 5.41) is 0.530. The molecule has 0 aromatic heterocycles. The van der Waals surface area contributed by atoms with E-state index in [1.165, 1.54) is 0 Å². The van der Waals surface area contributed by atoms with Gasteiger partial charge in [0.15, 0.2) is 0 Å². The Balaban J connectivity index is 2.95. The van der Waals surface area contributed by atoms with E-state index in [2.05, 4.69) is 21.9 Å². The summed E-state index contributed by atoms with van der Waals surface area (Å²) in [4.78, 5) is 0. The number of benzene rings is 1. The zero-order valence-corrected chi connectivity index (χ0v) is 10.2. The van der Waals surface area contributed by atoms with Gasteiger partial charge in [0.1, 0.15) is 6.61 Å². The second-order valence-electron chi connectivity index (χ2n) is 2.95. The fourth-order valence-corrected chi connectivity index (χ4v) is 2.00. The second-order valence-corrected chi connectivity index (χ2v) is 3.51. The van der Waals surface area contributed by atoms with Crippen LogP contribution in [-0.2, 0) is 15.3 Å². The highest BCUT2D eigenvalue weighted by atomic mass is 79.9. The molecule has 0 amide bonds. The van der Waals surface area contributed by atoms with Crippen LogP contribution in [0.4, 0.5) is 0 Å². The number of terminal acetylenes is 1. The molecule has 80 valence electrons. The van der Waals surface area contributed by atoms with Crippen LogP contribution in [0.15, 0.2) is 30.3 Å². The van der Waals surface area contributed by atoms with Crippen molar-refractivity contribution >= 4 is 15.9 Å². The summed E-state index contributed by atoms with van der Waals surface area (Å²) in [6.07, 6.45) is 5.18. The Morgan fingerprint density at radius 3 is 2.53 bits per heavy atom. The van der Waals surface area contributed by atoms with Gasteiger partial charge in [0.2, 0.25) is 5.79 Å². The molecule has 1 rings (SSSR count). The monoisotopic (exact) mass is 268 g/mol. The number of halogens is 1. The molecule has 1 aromatic carbocycles. The van der Waals surface area contributed by atoms with Crippen LogP contribution in [0.25, 0.3) is 0 Å². The number of alkyl halides is 1. The number of ether oxygens (including phenoxy) is 2. The maximum Gasteiger partial charge on any atom is 0.205 e. The van der Waals surface area contributed by atoms with Gasteiger partial charge >= 0.3 is 0 Å². The van der Waals surface area contributed by atoms with Gasteiger partial charge in [-0.3, -0.25) is 0 Å². The maximum atomic E-state index is 5.56. The Kier molecular flexibility index (Phi) is 4.83. The van der Waals surface area contributed by atoms with Crippen LogP contribution in [0.5, 0.6) is 0 Å². The summed E-state index contributed by atoms with van der Waals surface area (Å²) in [7, 11) is 1.60. The van der Waals surface area contributed by atoms with Crippen LogP contribution in [-0.4, -0.2) is 19.0 Å². The van der Waals surface area contributed by atoms with Crippen molar-refractivity contribution in [1.29, 1.82) is 0 Å². The zero-order valence-electron chi connectivity index (χ0n) is 8.57. The standard InChI is InChI=1S/C12H13BrO2/c1-3-9-15-12(10-13,14-2)11-7-5-4-6-8-11/h1,4-8H,9-10H2,2H3. The SMILES string of the molecule is C#CCOC(CBr)(OC)c1ccccc1. The van der Waals surface area contributed by atoms with Crippen molar-refractivity contribution in [3.8, 4) is 12.3 Å². The second kappa shape index (κ2) is 5.92. The number of hydrogen-bond donors (Lipinski definition) is 0. The fraction of sp³-hybridized carbons (Fsp3) is 0.333. The van der Waals surface area contributed by atoms with E-state index in [9.17, 15) is 0 Å². The van der Waals surface area contributed by atoms with Gasteiger partial charge in [0, 0.05) is 12.7 Å². The molecular formula is C12H13BrO2. The first kappa shape index (κ1) is 12.3. The molecular weight excluding hydrogens is 256 g/mol. The van der Waals surface area contributed by atoms with E-state index in [4.69, 9.17) is 15.9 Å². The molecule has 0 aliphatic rings. The predicted octanol–water partition coefficient (Wildman–Crippen LogP) is 2.53. The van der Waals surface area contributed by atoms with Gasteiger partial charge in [-0.05, 0) is 0 Å². The topological polar surface area (TPSA) is 18.5 Å². The molecule has 0 aliphatic heterocycles. The van der Waals surface area contributed by atoms with Gasteiger partial charge in [0.05, 0.1) is 5.33 Å². The van der Waals surface area contributed by atoms with E-state index in [1.54, 1.807) is 7.11 Å². The van der Waals surface area contributed by atoms with Gasteiger partial charge in [-0.1, -0.05) is 52.2 Å². The molecule has 0 fully saturated rings. The maximum absolute atomic E-state index is 5.56. The average Bonchev–Trinajstić information content (AvgIpc) is 2.33. The number of rotatable bonds is 5. The first-order valence-corrected chi connectivity index (χ1v) is 5.65. The van der Waals surface area contributed by atoms with E-state index >= 15 is 0 Å². The lowest BCUT2D eigenvalue weighted by molar-refractivity contribution is -0.206. The van der Waals surface area contributed by atoms with Crippen LogP contribution < -0.4 is 0 Å². The minimum atomic E-state index is -0.798. The Morgan fingerprint density at radius 1 is 1.40 bits per heavy atom. The molecule has 0 saturated heterocycles. The molecule has 1 unspecified atom stereocenters. The van der Waals surface area contributed by atoms with E-state index in [1.807, 2.05) is 30.3 Å². The molecule has 0 bridgehead atoms. The summed E-state index contributed by atoms with van der Waals surface area (Å²) in [5.74, 6) is 1.64. The number of hydrogen-bond acceptors (Lipinski definition) is 2. The van der Waals surface area contributed by atoms with Crippen molar-refractivity contribution in [2.75, 3.05) is 19.0 Å². The lowest BCUT2D eigenvalue weighted by Crippen LogP contribution is -2.34. The molecule has 0 radical (unpaired) electrons. The first-order valence-electron chi connectivity index (χ1n) is 4.53. The normalized spacial score (nSPS) is 14.2. The Morgan fingerprint density at radius 2 is 2.07 bits per heavy atom. The molecule has 0 saturated carbocycles. The zero-order chi connectivity index (χ0) is 11.1. The van der Waals surface area contributed by atoms with Gasteiger partial charge in [-0.15, -0.1) is 6.42 Å². The molecule has 0 heterocycles. The summed E-state index contributed by atoms with van der Waals surface area (Å²) in [6.45, 7) is 0.217. The minimum absolute atomic E-state index is 0.217. The summed E-state index contributed by atoms with van der Waals surface area (Å²) in [6, 6.07) is 9.71. The molecule has 2 nitrogen and oxygen atoms in total. The van der Waals surface area contributed by atoms with E-state index < -0.39 is 5.79 Å². The minimum Gasteiger partial charge on any atom is -0.349 e. The van der Waals surface area contributed by atoms with Gasteiger partial charge in [0.25, 0.3) is 0 Å². The van der Waals surface area contributed by atoms with Crippen molar-refractivity contribution in [3.63, 3.8) is 0 Å². The quantitative estimate of drug-likeness (QED) is 0.464. The summed E-state index contributed by atoms with van der Waals surface area (Å²) in [5.41, 5.74) is 0.944. The van der Waals surface area contributed by atoms with Crippen LogP contribution in [0.1, 0.15) is 5.56 Å². The van der Waals surface area contributed by atoms with Crippen LogP contribution in [0.3, 0.4) is 0 Å². The Bertz CT molecular complexity index is 325. The fourth-order valence-electron chi connectivity index (χ4n) is 1.28. The van der Waals surface area contributed by atoms with Crippen LogP contribution in [0.2, 0.25) is 0 Å². The molecule has 0 aliphatic carbocycles. The van der Waals surface area contributed by atoms with E-state index in [0.717, 1.165) is 5.56 Å². The lowest BCUT2D eigenvalue weighted by atomic mass is 10.1. The molecule has 0 N–H and O–H groups in total. The average molecular weight is 269 g/mol. The third kappa shape index (κ3) is 2.82. The Labute approximate surface area is 98.7 Å². The summed E-state index contributed by atoms with van der Waals surface area (Å²) >= 11 is 3.38.